The van der Waals surface area contributed by atoms with E-state index in [1.165, 1.54) is 18.5 Å². The van der Waals surface area contributed by atoms with Gasteiger partial charge in [0.05, 0.1) is 17.0 Å². The molecule has 202 valence electrons. The highest BCUT2D eigenvalue weighted by Crippen LogP contribution is 2.39. The Morgan fingerprint density at radius 2 is 1.61 bits per heavy atom. The van der Waals surface area contributed by atoms with Gasteiger partial charge in [-0.05, 0) is 54.8 Å². The van der Waals surface area contributed by atoms with Crippen molar-refractivity contribution in [2.24, 2.45) is 0 Å². The van der Waals surface area contributed by atoms with Crippen molar-refractivity contribution < 1.29 is 4.42 Å². The van der Waals surface area contributed by atoms with Gasteiger partial charge in [0.15, 0.2) is 5.58 Å². The van der Waals surface area contributed by atoms with E-state index < -0.39 is 0 Å². The van der Waals surface area contributed by atoms with Crippen LogP contribution in [0, 0.1) is 0 Å². The van der Waals surface area contributed by atoms with E-state index in [9.17, 15) is 0 Å². The molecule has 2 aromatic heterocycles. The highest BCUT2D eigenvalue weighted by Gasteiger charge is 2.22. The Kier molecular flexibility index (Phi) is 6.36. The summed E-state index contributed by atoms with van der Waals surface area (Å²) < 4.78 is 6.24. The molecule has 6 nitrogen and oxygen atoms in total. The van der Waals surface area contributed by atoms with E-state index >= 15 is 0 Å². The predicted molar refractivity (Wildman–Crippen MR) is 169 cm³/mol. The zero-order chi connectivity index (χ0) is 27.8. The summed E-state index contributed by atoms with van der Waals surface area (Å²) >= 11 is 0. The van der Waals surface area contributed by atoms with Gasteiger partial charge < -0.3 is 19.6 Å². The van der Waals surface area contributed by atoms with Crippen molar-refractivity contribution in [1.82, 2.24) is 15.0 Å². The molecular formula is C35H31N5O. The van der Waals surface area contributed by atoms with Gasteiger partial charge in [-0.3, -0.25) is 0 Å². The molecule has 1 fully saturated rings. The van der Waals surface area contributed by atoms with E-state index in [4.69, 9.17) is 14.4 Å². The third-order valence-electron chi connectivity index (χ3n) is 7.86. The molecule has 1 aliphatic heterocycles. The van der Waals surface area contributed by atoms with Gasteiger partial charge in [0, 0.05) is 48.2 Å². The molecule has 6 aromatic rings. The summed E-state index contributed by atoms with van der Waals surface area (Å²) in [6.45, 7) is 6.31. The molecule has 0 amide bonds. The van der Waals surface area contributed by atoms with Crippen LogP contribution >= 0.6 is 0 Å². The van der Waals surface area contributed by atoms with Crippen molar-refractivity contribution in [1.29, 1.82) is 0 Å². The lowest BCUT2D eigenvalue weighted by Crippen LogP contribution is -2.17. The number of benzene rings is 4. The van der Waals surface area contributed by atoms with Gasteiger partial charge in [0.2, 0.25) is 5.89 Å². The third kappa shape index (κ3) is 4.57. The summed E-state index contributed by atoms with van der Waals surface area (Å²) in [6, 6.07) is 31.1. The average molecular weight is 538 g/mol. The van der Waals surface area contributed by atoms with E-state index in [0.29, 0.717) is 5.89 Å². The van der Waals surface area contributed by atoms with Gasteiger partial charge in [-0.25, -0.2) is 9.97 Å². The molecule has 0 atom stereocenters. The van der Waals surface area contributed by atoms with Crippen molar-refractivity contribution >= 4 is 28.6 Å². The summed E-state index contributed by atoms with van der Waals surface area (Å²) in [7, 11) is 1.93. The molecule has 2 N–H and O–H groups in total. The first-order chi connectivity index (χ1) is 20.2. The predicted octanol–water partition coefficient (Wildman–Crippen LogP) is 8.50. The van der Waals surface area contributed by atoms with Gasteiger partial charge in [-0.2, -0.15) is 0 Å². The maximum absolute atomic E-state index is 6.24. The highest BCUT2D eigenvalue weighted by molar-refractivity contribution is 5.89. The molecule has 4 aromatic carbocycles. The topological polar surface area (TPSA) is 70.0 Å². The lowest BCUT2D eigenvalue weighted by atomic mass is 10.00. The highest BCUT2D eigenvalue weighted by atomic mass is 16.3. The number of fused-ring (bicyclic) bond motifs is 1. The molecule has 7 rings (SSSR count). The standard InChI is InChI=1S/C35H31N5O/c1-3-23-9-8-10-28(31(23)35-37-29-11-4-5-12-30(29)41-35)34-38-32(24-13-17-26(36-2)18-14-24)33(39-34)25-15-19-27(20-16-25)40-21-6-7-22-40/h3-5,8-20,36H,1,6-7,21-22H2,2H3,(H,38,39). The molecule has 0 spiro atoms. The normalized spacial score (nSPS) is 13.1. The molecule has 41 heavy (non-hydrogen) atoms. The van der Waals surface area contributed by atoms with Crippen LogP contribution in [0.1, 0.15) is 18.4 Å². The van der Waals surface area contributed by atoms with E-state index in [-0.39, 0.29) is 0 Å². The van der Waals surface area contributed by atoms with E-state index in [0.717, 1.165) is 74.9 Å². The van der Waals surface area contributed by atoms with Gasteiger partial charge in [0.1, 0.15) is 11.3 Å². The fourth-order valence-electron chi connectivity index (χ4n) is 5.68. The molecular weight excluding hydrogens is 506 g/mol. The molecule has 0 aliphatic carbocycles. The monoisotopic (exact) mass is 537 g/mol. The molecule has 0 radical (unpaired) electrons. The Hall–Kier alpha value is -5.10. The lowest BCUT2D eigenvalue weighted by molar-refractivity contribution is 0.620. The number of imidazole rings is 1. The third-order valence-corrected chi connectivity index (χ3v) is 7.86. The average Bonchev–Trinajstić information content (AvgIpc) is 3.81. The van der Waals surface area contributed by atoms with E-state index in [1.54, 1.807) is 0 Å². The van der Waals surface area contributed by atoms with Gasteiger partial charge in [0.25, 0.3) is 0 Å². The first kappa shape index (κ1) is 24.9. The van der Waals surface area contributed by atoms with Crippen LogP contribution in [0.2, 0.25) is 0 Å². The summed E-state index contributed by atoms with van der Waals surface area (Å²) in [5, 5.41) is 3.21. The number of nitrogens with zero attached hydrogens (tertiary/aromatic N) is 3. The zero-order valence-corrected chi connectivity index (χ0v) is 23.0. The van der Waals surface area contributed by atoms with Crippen LogP contribution in [0.15, 0.2) is 102 Å². The number of oxazole rings is 1. The van der Waals surface area contributed by atoms with Crippen LogP contribution in [-0.2, 0) is 0 Å². The van der Waals surface area contributed by atoms with Crippen LogP contribution in [0.3, 0.4) is 0 Å². The Balaban J connectivity index is 1.39. The molecule has 1 aliphatic rings. The minimum Gasteiger partial charge on any atom is -0.436 e. The van der Waals surface area contributed by atoms with Crippen LogP contribution in [0.25, 0.3) is 62.5 Å². The quantitative estimate of drug-likeness (QED) is 0.214. The van der Waals surface area contributed by atoms with Crippen LogP contribution < -0.4 is 10.2 Å². The number of para-hydroxylation sites is 2. The number of aromatic nitrogens is 3. The molecule has 0 unspecified atom stereocenters. The van der Waals surface area contributed by atoms with Crippen LogP contribution in [0.5, 0.6) is 0 Å². The Morgan fingerprint density at radius 3 is 2.34 bits per heavy atom. The SMILES string of the molecule is C=Cc1cccc(-c2nc(-c3ccc(N4CCCC4)cc3)c(-c3ccc(NC)cc3)[nH]2)c1-c1nc2ccccc2o1. The fourth-order valence-corrected chi connectivity index (χ4v) is 5.68. The van der Waals surface area contributed by atoms with E-state index in [2.05, 4.69) is 76.4 Å². The van der Waals surface area contributed by atoms with Crippen molar-refractivity contribution in [3.05, 3.63) is 103 Å². The van der Waals surface area contributed by atoms with Crippen molar-refractivity contribution in [2.45, 2.75) is 12.8 Å². The fraction of sp³-hybridized carbons (Fsp3) is 0.143. The van der Waals surface area contributed by atoms with E-state index in [1.807, 2.05) is 49.5 Å². The summed E-state index contributed by atoms with van der Waals surface area (Å²) in [6.07, 6.45) is 4.35. The molecule has 0 bridgehead atoms. The second-order valence-corrected chi connectivity index (χ2v) is 10.3. The van der Waals surface area contributed by atoms with Crippen LogP contribution in [-0.4, -0.2) is 35.1 Å². The number of rotatable bonds is 7. The van der Waals surface area contributed by atoms with Crippen molar-refractivity contribution in [2.75, 3.05) is 30.4 Å². The zero-order valence-electron chi connectivity index (χ0n) is 23.0. The van der Waals surface area contributed by atoms with Crippen LogP contribution in [0.4, 0.5) is 11.4 Å². The Bertz CT molecular complexity index is 1810. The lowest BCUT2D eigenvalue weighted by Gasteiger charge is -2.17. The second kappa shape index (κ2) is 10.5. The Morgan fingerprint density at radius 1 is 0.854 bits per heavy atom. The largest absolute Gasteiger partial charge is 0.436 e. The second-order valence-electron chi connectivity index (χ2n) is 10.3. The molecule has 1 saturated heterocycles. The van der Waals surface area contributed by atoms with Crippen molar-refractivity contribution in [3.63, 3.8) is 0 Å². The summed E-state index contributed by atoms with van der Waals surface area (Å²) in [4.78, 5) is 16.2. The maximum Gasteiger partial charge on any atom is 0.228 e. The number of hydrogen-bond donors (Lipinski definition) is 2. The first-order valence-corrected chi connectivity index (χ1v) is 14.1. The molecule has 3 heterocycles. The first-order valence-electron chi connectivity index (χ1n) is 14.1. The summed E-state index contributed by atoms with van der Waals surface area (Å²) in [5.74, 6) is 1.29. The van der Waals surface area contributed by atoms with Gasteiger partial charge in [-0.15, -0.1) is 0 Å². The smallest absolute Gasteiger partial charge is 0.228 e. The van der Waals surface area contributed by atoms with Gasteiger partial charge >= 0.3 is 0 Å². The number of H-pyrrole nitrogens is 1. The van der Waals surface area contributed by atoms with Crippen molar-refractivity contribution in [3.8, 4) is 45.4 Å². The minimum atomic E-state index is 0.546. The number of hydrogen-bond acceptors (Lipinski definition) is 5. The van der Waals surface area contributed by atoms with Gasteiger partial charge in [-0.1, -0.05) is 67.3 Å². The number of nitrogens with one attached hydrogen (secondary N) is 2. The number of anilines is 2. The number of aromatic amines is 1. The Labute approximate surface area is 239 Å². The maximum atomic E-state index is 6.24. The molecule has 0 saturated carbocycles. The summed E-state index contributed by atoms with van der Waals surface area (Å²) in [5.41, 5.74) is 10.6. The minimum absolute atomic E-state index is 0.546. The molecule has 6 heteroatoms.